The highest BCUT2D eigenvalue weighted by molar-refractivity contribution is 5.71. The molecule has 1 heterocycles. The quantitative estimate of drug-likeness (QED) is 0.670. The lowest BCUT2D eigenvalue weighted by atomic mass is 9.55. The molecule has 2 aliphatic carbocycles. The van der Waals surface area contributed by atoms with E-state index in [-0.39, 0.29) is 0 Å². The third-order valence-corrected chi connectivity index (χ3v) is 4.25. The largest absolute Gasteiger partial charge is 0.358 e. The van der Waals surface area contributed by atoms with Crippen molar-refractivity contribution in [2.75, 3.05) is 5.32 Å². The lowest BCUT2D eigenvalue weighted by Gasteiger charge is -2.48. The van der Waals surface area contributed by atoms with Gasteiger partial charge < -0.3 is 5.32 Å². The Morgan fingerprint density at radius 3 is 3.07 bits per heavy atom. The number of anilines is 1. The van der Waals surface area contributed by atoms with Crippen molar-refractivity contribution in [2.24, 2.45) is 5.92 Å². The first-order valence-electron chi connectivity index (χ1n) is 5.67. The molecule has 1 heteroatoms. The van der Waals surface area contributed by atoms with Crippen molar-refractivity contribution in [3.05, 3.63) is 53.8 Å². The number of benzene rings is 1. The highest BCUT2D eigenvalue weighted by Gasteiger charge is 2.54. The fourth-order valence-electron chi connectivity index (χ4n) is 3.39. The molecule has 0 aromatic heterocycles. The monoisotopic (exact) mass is 195 g/mol. The summed E-state index contributed by atoms with van der Waals surface area (Å²) >= 11 is 0. The average molecular weight is 195 g/mol. The van der Waals surface area contributed by atoms with E-state index in [1.54, 1.807) is 0 Å². The first-order chi connectivity index (χ1) is 7.41. The molecule has 15 heavy (non-hydrogen) atoms. The topological polar surface area (TPSA) is 12.0 Å². The smallest absolute Gasteiger partial charge is 0.0436 e. The van der Waals surface area contributed by atoms with Crippen LogP contribution in [0.1, 0.15) is 18.4 Å². The van der Waals surface area contributed by atoms with Gasteiger partial charge in [-0.1, -0.05) is 30.4 Å². The maximum Gasteiger partial charge on any atom is 0.0436 e. The Morgan fingerprint density at radius 2 is 2.20 bits per heavy atom. The summed E-state index contributed by atoms with van der Waals surface area (Å²) in [5, 5.41) is 3.57. The maximum absolute atomic E-state index is 3.57. The highest BCUT2D eigenvalue weighted by atomic mass is 15.0. The molecule has 2 unspecified atom stereocenters. The van der Waals surface area contributed by atoms with Gasteiger partial charge in [-0.25, -0.2) is 0 Å². The second-order valence-electron chi connectivity index (χ2n) is 4.75. The van der Waals surface area contributed by atoms with E-state index in [1.165, 1.54) is 29.8 Å². The van der Waals surface area contributed by atoms with Crippen molar-refractivity contribution in [2.45, 2.75) is 18.3 Å². The summed E-state index contributed by atoms with van der Waals surface area (Å²) in [5.74, 6) is 0.730. The minimum Gasteiger partial charge on any atom is -0.358 e. The van der Waals surface area contributed by atoms with Gasteiger partial charge >= 0.3 is 0 Å². The van der Waals surface area contributed by atoms with Crippen LogP contribution >= 0.6 is 0 Å². The van der Waals surface area contributed by atoms with Gasteiger partial charge in [-0.2, -0.15) is 0 Å². The summed E-state index contributed by atoms with van der Waals surface area (Å²) in [6, 6.07) is 8.75. The Hall–Kier alpha value is -1.50. The standard InChI is InChI=1S/C14H13N/c1-2-6-12-11(5-1)14-9-8-10(14)4-3-7-13(14)15-12/h1-7,10,15H,8-9H2. The number of allylic oxidation sites excluding steroid dienone is 4. The van der Waals surface area contributed by atoms with Crippen LogP contribution in [0.4, 0.5) is 5.69 Å². The Morgan fingerprint density at radius 1 is 1.27 bits per heavy atom. The first-order valence-corrected chi connectivity index (χ1v) is 5.67. The van der Waals surface area contributed by atoms with Crippen LogP contribution in [-0.2, 0) is 5.41 Å². The number of rotatable bonds is 0. The van der Waals surface area contributed by atoms with E-state index in [0.717, 1.165) is 5.92 Å². The summed E-state index contributed by atoms with van der Waals surface area (Å²) in [5.41, 5.74) is 4.57. The number of para-hydroxylation sites is 1. The molecule has 1 aromatic rings. The summed E-state index contributed by atoms with van der Waals surface area (Å²) in [7, 11) is 0. The molecule has 1 aliphatic heterocycles. The van der Waals surface area contributed by atoms with Crippen LogP contribution in [0.3, 0.4) is 0 Å². The van der Waals surface area contributed by atoms with Crippen LogP contribution in [0.5, 0.6) is 0 Å². The Labute approximate surface area is 89.5 Å². The van der Waals surface area contributed by atoms with Crippen molar-refractivity contribution >= 4 is 5.69 Å². The van der Waals surface area contributed by atoms with Crippen molar-refractivity contribution in [3.63, 3.8) is 0 Å². The molecular weight excluding hydrogens is 182 g/mol. The van der Waals surface area contributed by atoms with E-state index in [9.17, 15) is 0 Å². The van der Waals surface area contributed by atoms with Gasteiger partial charge in [0.05, 0.1) is 0 Å². The van der Waals surface area contributed by atoms with E-state index in [4.69, 9.17) is 0 Å². The minimum absolute atomic E-state index is 0.325. The van der Waals surface area contributed by atoms with Gasteiger partial charge in [0, 0.05) is 16.8 Å². The van der Waals surface area contributed by atoms with Gasteiger partial charge in [0.1, 0.15) is 0 Å². The maximum atomic E-state index is 3.57. The molecule has 4 rings (SSSR count). The van der Waals surface area contributed by atoms with Crippen LogP contribution in [0.15, 0.2) is 48.2 Å². The van der Waals surface area contributed by atoms with E-state index >= 15 is 0 Å². The van der Waals surface area contributed by atoms with Crippen LogP contribution in [0, 0.1) is 5.92 Å². The lowest BCUT2D eigenvalue weighted by molar-refractivity contribution is 0.214. The number of nitrogens with one attached hydrogen (secondary N) is 1. The normalized spacial score (nSPS) is 34.4. The predicted molar refractivity (Wildman–Crippen MR) is 61.7 cm³/mol. The molecule has 1 N–H and O–H groups in total. The predicted octanol–water partition coefficient (Wildman–Crippen LogP) is 3.21. The van der Waals surface area contributed by atoms with Gasteiger partial charge in [0.2, 0.25) is 0 Å². The van der Waals surface area contributed by atoms with Gasteiger partial charge in [-0.15, -0.1) is 0 Å². The molecule has 1 nitrogen and oxygen atoms in total. The second-order valence-corrected chi connectivity index (χ2v) is 4.75. The van der Waals surface area contributed by atoms with Crippen molar-refractivity contribution in [1.29, 1.82) is 0 Å². The van der Waals surface area contributed by atoms with Gasteiger partial charge in [0.25, 0.3) is 0 Å². The van der Waals surface area contributed by atoms with Crippen molar-refractivity contribution in [1.82, 2.24) is 0 Å². The molecule has 1 aromatic carbocycles. The zero-order valence-corrected chi connectivity index (χ0v) is 8.53. The zero-order valence-electron chi connectivity index (χ0n) is 8.53. The summed E-state index contributed by atoms with van der Waals surface area (Å²) in [6.07, 6.45) is 9.46. The molecular formula is C14H13N. The third-order valence-electron chi connectivity index (χ3n) is 4.25. The molecule has 2 atom stereocenters. The Kier molecular flexibility index (Phi) is 1.22. The van der Waals surface area contributed by atoms with E-state index < -0.39 is 0 Å². The SMILES string of the molecule is C1=CC2CCC23C(=C1)Nc1ccccc13. The number of hydrogen-bond donors (Lipinski definition) is 1. The number of hydrogen-bond acceptors (Lipinski definition) is 1. The average Bonchev–Trinajstić information content (AvgIpc) is 2.58. The summed E-state index contributed by atoms with van der Waals surface area (Å²) < 4.78 is 0. The number of fused-ring (bicyclic) bond motifs is 1. The van der Waals surface area contributed by atoms with Crippen LogP contribution in [0.25, 0.3) is 0 Å². The first kappa shape index (κ1) is 7.75. The molecule has 1 fully saturated rings. The van der Waals surface area contributed by atoms with Gasteiger partial charge in [-0.05, 0) is 36.5 Å². The van der Waals surface area contributed by atoms with E-state index in [0.29, 0.717) is 5.41 Å². The molecule has 1 spiro atoms. The Balaban J connectivity index is 2.00. The molecule has 0 amide bonds. The third kappa shape index (κ3) is 0.728. The molecule has 1 saturated carbocycles. The summed E-state index contributed by atoms with van der Waals surface area (Å²) in [6.45, 7) is 0. The highest BCUT2D eigenvalue weighted by Crippen LogP contribution is 2.60. The molecule has 74 valence electrons. The second kappa shape index (κ2) is 2.35. The van der Waals surface area contributed by atoms with Crippen LogP contribution in [-0.4, -0.2) is 0 Å². The zero-order chi connectivity index (χ0) is 9.88. The Bertz CT molecular complexity index is 498. The molecule has 0 bridgehead atoms. The summed E-state index contributed by atoms with van der Waals surface area (Å²) in [4.78, 5) is 0. The lowest BCUT2D eigenvalue weighted by Crippen LogP contribution is -2.44. The van der Waals surface area contributed by atoms with Crippen LogP contribution in [0.2, 0.25) is 0 Å². The molecule has 0 saturated heterocycles. The van der Waals surface area contributed by atoms with Gasteiger partial charge in [-0.3, -0.25) is 0 Å². The van der Waals surface area contributed by atoms with E-state index in [1.807, 2.05) is 0 Å². The van der Waals surface area contributed by atoms with Crippen molar-refractivity contribution in [3.8, 4) is 0 Å². The fraction of sp³-hybridized carbons (Fsp3) is 0.286. The minimum atomic E-state index is 0.325. The molecule has 3 aliphatic rings. The van der Waals surface area contributed by atoms with Crippen LogP contribution < -0.4 is 5.32 Å². The van der Waals surface area contributed by atoms with Crippen molar-refractivity contribution < 1.29 is 0 Å². The van der Waals surface area contributed by atoms with E-state index in [2.05, 4.69) is 47.8 Å². The fourth-order valence-corrected chi connectivity index (χ4v) is 3.39. The van der Waals surface area contributed by atoms with Gasteiger partial charge in [0.15, 0.2) is 0 Å². The molecule has 0 radical (unpaired) electrons.